The fourth-order valence-electron chi connectivity index (χ4n) is 2.00. The van der Waals surface area contributed by atoms with E-state index in [2.05, 4.69) is 4.98 Å². The molecule has 0 aliphatic carbocycles. The predicted octanol–water partition coefficient (Wildman–Crippen LogP) is 4.30. The van der Waals surface area contributed by atoms with E-state index in [0.29, 0.717) is 17.4 Å². The van der Waals surface area contributed by atoms with Crippen molar-refractivity contribution >= 4 is 29.7 Å². The molecule has 0 atom stereocenters. The maximum absolute atomic E-state index is 6.09. The summed E-state index contributed by atoms with van der Waals surface area (Å²) in [5, 5.41) is 0.632. The Labute approximate surface area is 128 Å². The minimum absolute atomic E-state index is 0. The largest absolute Gasteiger partial charge is 0.485 e. The molecule has 0 saturated carbocycles. The topological polar surface area (TPSA) is 26.5 Å². The van der Waals surface area contributed by atoms with Gasteiger partial charge in [-0.2, -0.15) is 0 Å². The van der Waals surface area contributed by atoms with E-state index < -0.39 is 0 Å². The molecular weight excluding hydrogens is 295 g/mol. The lowest BCUT2D eigenvalue weighted by Gasteiger charge is -2.08. The standard InChI is InChI=1S/C15H13ClN2O.ClH/c1-11-8-18-9-13(16)7-14(15(18)17-11)19-10-12-5-3-2-4-6-12;/h2-9H,10H2,1H3;1H. The highest BCUT2D eigenvalue weighted by atomic mass is 35.5. The molecule has 20 heavy (non-hydrogen) atoms. The first kappa shape index (κ1) is 14.7. The third-order valence-corrected chi connectivity index (χ3v) is 3.05. The van der Waals surface area contributed by atoms with Crippen molar-refractivity contribution in [1.82, 2.24) is 9.38 Å². The van der Waals surface area contributed by atoms with Gasteiger partial charge in [-0.05, 0) is 12.5 Å². The third-order valence-electron chi connectivity index (χ3n) is 2.84. The normalized spacial score (nSPS) is 10.3. The van der Waals surface area contributed by atoms with Crippen molar-refractivity contribution in [2.24, 2.45) is 0 Å². The molecule has 0 fully saturated rings. The van der Waals surface area contributed by atoms with E-state index in [0.717, 1.165) is 16.9 Å². The van der Waals surface area contributed by atoms with Crippen molar-refractivity contribution in [2.45, 2.75) is 13.5 Å². The van der Waals surface area contributed by atoms with E-state index in [1.165, 1.54) is 0 Å². The van der Waals surface area contributed by atoms with Gasteiger partial charge in [0.1, 0.15) is 6.61 Å². The van der Waals surface area contributed by atoms with Crippen LogP contribution in [0.15, 0.2) is 48.8 Å². The van der Waals surface area contributed by atoms with Crippen LogP contribution in [0.3, 0.4) is 0 Å². The number of ether oxygens (including phenoxy) is 1. The zero-order valence-corrected chi connectivity index (χ0v) is 12.5. The number of imidazole rings is 1. The van der Waals surface area contributed by atoms with Gasteiger partial charge in [-0.1, -0.05) is 41.9 Å². The van der Waals surface area contributed by atoms with E-state index >= 15 is 0 Å². The zero-order chi connectivity index (χ0) is 13.2. The van der Waals surface area contributed by atoms with Gasteiger partial charge < -0.3 is 9.14 Å². The van der Waals surface area contributed by atoms with Crippen LogP contribution in [0.4, 0.5) is 0 Å². The van der Waals surface area contributed by atoms with Gasteiger partial charge in [0.15, 0.2) is 11.4 Å². The molecular formula is C15H14Cl2N2O. The van der Waals surface area contributed by atoms with Crippen LogP contribution in [0.2, 0.25) is 5.02 Å². The number of nitrogens with zero attached hydrogens (tertiary/aromatic N) is 2. The smallest absolute Gasteiger partial charge is 0.180 e. The van der Waals surface area contributed by atoms with Gasteiger partial charge in [-0.15, -0.1) is 12.4 Å². The second-order valence-corrected chi connectivity index (χ2v) is 4.85. The number of fused-ring (bicyclic) bond motifs is 1. The van der Waals surface area contributed by atoms with Gasteiger partial charge in [0, 0.05) is 18.5 Å². The molecule has 0 N–H and O–H groups in total. The average molecular weight is 309 g/mol. The minimum atomic E-state index is 0. The van der Waals surface area contributed by atoms with Crippen LogP contribution in [-0.4, -0.2) is 9.38 Å². The number of hydrogen-bond donors (Lipinski definition) is 0. The van der Waals surface area contributed by atoms with Crippen molar-refractivity contribution in [2.75, 3.05) is 0 Å². The lowest BCUT2D eigenvalue weighted by atomic mass is 10.2. The van der Waals surface area contributed by atoms with E-state index in [4.69, 9.17) is 16.3 Å². The van der Waals surface area contributed by atoms with E-state index in [9.17, 15) is 0 Å². The first-order valence-corrected chi connectivity index (χ1v) is 6.42. The Morgan fingerprint density at radius 2 is 1.95 bits per heavy atom. The number of halogens is 2. The van der Waals surface area contributed by atoms with Gasteiger partial charge in [0.05, 0.1) is 10.7 Å². The summed E-state index contributed by atoms with van der Waals surface area (Å²) >= 11 is 6.09. The summed E-state index contributed by atoms with van der Waals surface area (Å²) in [5.74, 6) is 0.699. The van der Waals surface area contributed by atoms with Crippen LogP contribution in [0.5, 0.6) is 5.75 Å². The van der Waals surface area contributed by atoms with Crippen molar-refractivity contribution in [3.05, 3.63) is 65.1 Å². The van der Waals surface area contributed by atoms with Crippen molar-refractivity contribution in [3.63, 3.8) is 0 Å². The number of pyridine rings is 1. The van der Waals surface area contributed by atoms with Crippen LogP contribution in [-0.2, 0) is 6.61 Å². The molecule has 0 saturated heterocycles. The maximum Gasteiger partial charge on any atom is 0.180 e. The van der Waals surface area contributed by atoms with Crippen LogP contribution in [0.1, 0.15) is 11.3 Å². The lowest BCUT2D eigenvalue weighted by Crippen LogP contribution is -1.97. The van der Waals surface area contributed by atoms with Gasteiger partial charge in [-0.25, -0.2) is 4.98 Å². The number of hydrogen-bond acceptors (Lipinski definition) is 2. The molecule has 2 aromatic heterocycles. The van der Waals surface area contributed by atoms with Gasteiger partial charge in [0.25, 0.3) is 0 Å². The molecule has 0 unspecified atom stereocenters. The van der Waals surface area contributed by atoms with E-state index in [-0.39, 0.29) is 12.4 Å². The Hall–Kier alpha value is -1.71. The molecule has 2 heterocycles. The summed E-state index contributed by atoms with van der Waals surface area (Å²) in [4.78, 5) is 4.45. The highest BCUT2D eigenvalue weighted by Gasteiger charge is 2.08. The van der Waals surface area contributed by atoms with Crippen molar-refractivity contribution in [3.8, 4) is 5.75 Å². The molecule has 3 nitrogen and oxygen atoms in total. The Morgan fingerprint density at radius 3 is 2.70 bits per heavy atom. The Bertz CT molecular complexity index is 710. The minimum Gasteiger partial charge on any atom is -0.485 e. The second kappa shape index (κ2) is 6.16. The van der Waals surface area contributed by atoms with Crippen LogP contribution < -0.4 is 4.74 Å². The highest BCUT2D eigenvalue weighted by Crippen LogP contribution is 2.24. The summed E-state index contributed by atoms with van der Waals surface area (Å²) in [6.45, 7) is 2.45. The molecule has 0 amide bonds. The summed E-state index contributed by atoms with van der Waals surface area (Å²) in [5.41, 5.74) is 2.84. The summed E-state index contributed by atoms with van der Waals surface area (Å²) < 4.78 is 7.72. The number of rotatable bonds is 3. The molecule has 0 aliphatic heterocycles. The molecule has 0 radical (unpaired) electrons. The fraction of sp³-hybridized carbons (Fsp3) is 0.133. The zero-order valence-electron chi connectivity index (χ0n) is 10.9. The molecule has 0 bridgehead atoms. The first-order chi connectivity index (χ1) is 9.22. The molecule has 0 spiro atoms. The first-order valence-electron chi connectivity index (χ1n) is 6.04. The SMILES string of the molecule is Cc1cn2cc(Cl)cc(OCc3ccccc3)c2n1.Cl. The number of aryl methyl sites for hydroxylation is 1. The second-order valence-electron chi connectivity index (χ2n) is 4.41. The fourth-order valence-corrected chi connectivity index (χ4v) is 2.20. The van der Waals surface area contributed by atoms with Gasteiger partial charge >= 0.3 is 0 Å². The van der Waals surface area contributed by atoms with Gasteiger partial charge in [0.2, 0.25) is 0 Å². The average Bonchev–Trinajstić information content (AvgIpc) is 2.77. The van der Waals surface area contributed by atoms with Crippen LogP contribution in [0, 0.1) is 6.92 Å². The molecule has 3 aromatic rings. The summed E-state index contributed by atoms with van der Waals surface area (Å²) in [6.07, 6.45) is 3.75. The van der Waals surface area contributed by atoms with Gasteiger partial charge in [-0.3, -0.25) is 0 Å². The van der Waals surface area contributed by atoms with Crippen molar-refractivity contribution < 1.29 is 4.74 Å². The molecule has 5 heteroatoms. The molecule has 104 valence electrons. The summed E-state index contributed by atoms with van der Waals surface area (Å²) in [6, 6.07) is 11.8. The third kappa shape index (κ3) is 3.06. The number of aromatic nitrogens is 2. The molecule has 3 rings (SSSR count). The number of benzene rings is 1. The highest BCUT2D eigenvalue weighted by molar-refractivity contribution is 6.30. The lowest BCUT2D eigenvalue weighted by molar-refractivity contribution is 0.308. The Kier molecular flexibility index (Phi) is 4.53. The monoisotopic (exact) mass is 308 g/mol. The van der Waals surface area contributed by atoms with Crippen LogP contribution in [0.25, 0.3) is 5.65 Å². The van der Waals surface area contributed by atoms with E-state index in [1.807, 2.05) is 54.0 Å². The maximum atomic E-state index is 6.09. The Balaban J connectivity index is 0.00000147. The van der Waals surface area contributed by atoms with E-state index in [1.54, 1.807) is 6.07 Å². The van der Waals surface area contributed by atoms with Crippen LogP contribution >= 0.6 is 24.0 Å². The predicted molar refractivity (Wildman–Crippen MR) is 83.0 cm³/mol. The summed E-state index contributed by atoms with van der Waals surface area (Å²) in [7, 11) is 0. The molecule has 0 aliphatic rings. The quantitative estimate of drug-likeness (QED) is 0.721. The Morgan fingerprint density at radius 1 is 1.20 bits per heavy atom. The molecule has 1 aromatic carbocycles. The van der Waals surface area contributed by atoms with Crippen molar-refractivity contribution in [1.29, 1.82) is 0 Å².